The first-order valence-electron chi connectivity index (χ1n) is 11.2. The van der Waals surface area contributed by atoms with Crippen LogP contribution < -0.4 is 10.2 Å². The number of piperazine rings is 2. The highest BCUT2D eigenvalue weighted by molar-refractivity contribution is 5.71. The highest BCUT2D eigenvalue weighted by Crippen LogP contribution is 2.32. The molecule has 3 aromatic rings. The molecule has 0 amide bonds. The average Bonchev–Trinajstić information content (AvgIpc) is 3.13. The molecule has 2 fully saturated rings. The van der Waals surface area contributed by atoms with Gasteiger partial charge in [-0.05, 0) is 43.5 Å². The minimum Gasteiger partial charge on any atom is -0.354 e. The summed E-state index contributed by atoms with van der Waals surface area (Å²) < 4.78 is 2.15. The van der Waals surface area contributed by atoms with Crippen LogP contribution in [0.25, 0.3) is 16.8 Å². The fourth-order valence-corrected chi connectivity index (χ4v) is 4.94. The van der Waals surface area contributed by atoms with Crippen molar-refractivity contribution in [3.63, 3.8) is 0 Å². The molecule has 5 heterocycles. The van der Waals surface area contributed by atoms with Crippen LogP contribution in [0, 0.1) is 13.8 Å². The van der Waals surface area contributed by atoms with E-state index in [0.29, 0.717) is 12.0 Å². The largest absolute Gasteiger partial charge is 0.354 e. The summed E-state index contributed by atoms with van der Waals surface area (Å²) >= 11 is 0. The number of aromatic nitrogens is 3. The normalized spacial score (nSPS) is 20.2. The smallest absolute Gasteiger partial charge is 0.139 e. The van der Waals surface area contributed by atoms with E-state index in [0.717, 1.165) is 56.4 Å². The highest BCUT2D eigenvalue weighted by Gasteiger charge is 2.29. The first-order valence-corrected chi connectivity index (χ1v) is 11.2. The molecule has 6 heteroatoms. The quantitative estimate of drug-likeness (QED) is 0.726. The summed E-state index contributed by atoms with van der Waals surface area (Å²) in [5, 5.41) is 3.54. The van der Waals surface area contributed by atoms with E-state index in [4.69, 9.17) is 4.98 Å². The lowest BCUT2D eigenvalue weighted by molar-refractivity contribution is 0.145. The van der Waals surface area contributed by atoms with Crippen LogP contribution in [-0.2, 0) is 0 Å². The van der Waals surface area contributed by atoms with Crippen molar-refractivity contribution in [3.05, 3.63) is 47.5 Å². The Labute approximate surface area is 178 Å². The van der Waals surface area contributed by atoms with Crippen molar-refractivity contribution in [3.8, 4) is 11.1 Å². The Bertz CT molecular complexity index is 1070. The van der Waals surface area contributed by atoms with Crippen molar-refractivity contribution in [2.75, 3.05) is 44.2 Å². The lowest BCUT2D eigenvalue weighted by Gasteiger charge is -2.44. The second-order valence-corrected chi connectivity index (χ2v) is 9.12. The molecule has 158 valence electrons. The van der Waals surface area contributed by atoms with Crippen molar-refractivity contribution >= 4 is 11.5 Å². The van der Waals surface area contributed by atoms with Crippen LogP contribution >= 0.6 is 0 Å². The Balaban J connectivity index is 1.50. The first-order chi connectivity index (χ1) is 14.5. The second-order valence-electron chi connectivity index (χ2n) is 9.12. The molecule has 1 unspecified atom stereocenters. The molecule has 0 spiro atoms. The Hall–Kier alpha value is -2.44. The summed E-state index contributed by atoms with van der Waals surface area (Å²) in [6.07, 6.45) is 4.29. The van der Waals surface area contributed by atoms with E-state index in [9.17, 15) is 0 Å². The summed E-state index contributed by atoms with van der Waals surface area (Å²) in [6.45, 7) is 15.3. The van der Waals surface area contributed by atoms with E-state index in [1.807, 2.05) is 6.92 Å². The van der Waals surface area contributed by atoms with Crippen LogP contribution in [0.3, 0.4) is 0 Å². The second kappa shape index (κ2) is 7.67. The number of hydrogen-bond donors (Lipinski definition) is 1. The van der Waals surface area contributed by atoms with E-state index in [1.54, 1.807) is 0 Å². The highest BCUT2D eigenvalue weighted by atomic mass is 15.3. The molecule has 1 atom stereocenters. The minimum absolute atomic E-state index is 0.359. The molecule has 2 aliphatic heterocycles. The molecule has 2 saturated heterocycles. The monoisotopic (exact) mass is 404 g/mol. The number of hydrogen-bond acceptors (Lipinski definition) is 5. The van der Waals surface area contributed by atoms with Gasteiger partial charge >= 0.3 is 0 Å². The molecule has 0 saturated carbocycles. The van der Waals surface area contributed by atoms with Crippen molar-refractivity contribution in [1.82, 2.24) is 24.6 Å². The molecule has 2 aliphatic rings. The Morgan fingerprint density at radius 3 is 2.77 bits per heavy atom. The average molecular weight is 405 g/mol. The molecule has 0 radical (unpaired) electrons. The maximum atomic E-state index is 5.19. The third-order valence-electron chi connectivity index (χ3n) is 6.51. The predicted molar refractivity (Wildman–Crippen MR) is 122 cm³/mol. The van der Waals surface area contributed by atoms with Crippen LogP contribution in [0.2, 0.25) is 0 Å². The molecule has 5 rings (SSSR count). The standard InChI is InChI=1S/C24H32N6/c1-16(2)23-21(19-11-17(3)24-26-18(4)13-30(24)14-19)5-6-22(27-23)29-10-9-28-8-7-25-12-20(28)15-29/h5-6,11,13-14,16,20,25H,7-10,12,15H2,1-4H3. The van der Waals surface area contributed by atoms with Crippen LogP contribution in [0.1, 0.15) is 36.7 Å². The van der Waals surface area contributed by atoms with Gasteiger partial charge in [0.25, 0.3) is 0 Å². The van der Waals surface area contributed by atoms with Crippen molar-refractivity contribution < 1.29 is 0 Å². The van der Waals surface area contributed by atoms with Gasteiger partial charge in [-0.1, -0.05) is 13.8 Å². The summed E-state index contributed by atoms with van der Waals surface area (Å²) in [7, 11) is 0. The van der Waals surface area contributed by atoms with Crippen LogP contribution in [0.4, 0.5) is 5.82 Å². The number of anilines is 1. The molecule has 6 nitrogen and oxygen atoms in total. The van der Waals surface area contributed by atoms with Gasteiger partial charge in [-0.25, -0.2) is 9.97 Å². The number of rotatable bonds is 3. The molecule has 0 bridgehead atoms. The lowest BCUT2D eigenvalue weighted by Crippen LogP contribution is -2.61. The van der Waals surface area contributed by atoms with E-state index in [2.05, 4.69) is 75.9 Å². The Kier molecular flexibility index (Phi) is 4.99. The Morgan fingerprint density at radius 1 is 1.07 bits per heavy atom. The van der Waals surface area contributed by atoms with Crippen LogP contribution in [0.5, 0.6) is 0 Å². The lowest BCUT2D eigenvalue weighted by atomic mass is 9.97. The zero-order valence-corrected chi connectivity index (χ0v) is 18.5. The summed E-state index contributed by atoms with van der Waals surface area (Å²) in [5.74, 6) is 1.47. The van der Waals surface area contributed by atoms with E-state index in [1.165, 1.54) is 22.4 Å². The van der Waals surface area contributed by atoms with Gasteiger partial charge in [-0.15, -0.1) is 0 Å². The maximum Gasteiger partial charge on any atom is 0.139 e. The number of fused-ring (bicyclic) bond motifs is 2. The predicted octanol–water partition coefficient (Wildman–Crippen LogP) is 3.23. The zero-order chi connectivity index (χ0) is 20.8. The summed E-state index contributed by atoms with van der Waals surface area (Å²) in [5.41, 5.74) is 6.88. The van der Waals surface area contributed by atoms with Gasteiger partial charge in [0.2, 0.25) is 0 Å². The summed E-state index contributed by atoms with van der Waals surface area (Å²) in [4.78, 5) is 14.9. The SMILES string of the molecule is Cc1cn2cc(-c3ccc(N4CCN5CCNCC5C4)nc3C(C)C)cc(C)c2n1. The molecule has 0 aromatic carbocycles. The van der Waals surface area contributed by atoms with Crippen LogP contribution in [-0.4, -0.2) is 64.6 Å². The number of aryl methyl sites for hydroxylation is 2. The number of nitrogens with zero attached hydrogens (tertiary/aromatic N) is 5. The van der Waals surface area contributed by atoms with E-state index < -0.39 is 0 Å². The van der Waals surface area contributed by atoms with Gasteiger partial charge in [0.15, 0.2) is 0 Å². The van der Waals surface area contributed by atoms with Crippen molar-refractivity contribution in [1.29, 1.82) is 0 Å². The third kappa shape index (κ3) is 3.48. The van der Waals surface area contributed by atoms with Gasteiger partial charge < -0.3 is 14.6 Å². The van der Waals surface area contributed by atoms with Crippen molar-refractivity contribution in [2.24, 2.45) is 0 Å². The molecule has 30 heavy (non-hydrogen) atoms. The van der Waals surface area contributed by atoms with E-state index >= 15 is 0 Å². The van der Waals surface area contributed by atoms with Gasteiger partial charge in [0.05, 0.1) is 11.4 Å². The zero-order valence-electron chi connectivity index (χ0n) is 18.5. The molecule has 3 aromatic heterocycles. The fraction of sp³-hybridized carbons (Fsp3) is 0.500. The molecule has 1 N–H and O–H groups in total. The fourth-order valence-electron chi connectivity index (χ4n) is 4.94. The first kappa shape index (κ1) is 19.5. The van der Waals surface area contributed by atoms with Gasteiger partial charge in [-0.2, -0.15) is 0 Å². The van der Waals surface area contributed by atoms with E-state index in [-0.39, 0.29) is 0 Å². The van der Waals surface area contributed by atoms with Gasteiger partial charge in [0, 0.05) is 68.8 Å². The number of nitrogens with one attached hydrogen (secondary N) is 1. The van der Waals surface area contributed by atoms with Crippen molar-refractivity contribution in [2.45, 2.75) is 39.7 Å². The molecular weight excluding hydrogens is 372 g/mol. The van der Waals surface area contributed by atoms with Gasteiger partial charge in [-0.3, -0.25) is 4.90 Å². The van der Waals surface area contributed by atoms with Crippen LogP contribution in [0.15, 0.2) is 30.6 Å². The minimum atomic E-state index is 0.359. The summed E-state index contributed by atoms with van der Waals surface area (Å²) in [6, 6.07) is 7.32. The third-order valence-corrected chi connectivity index (χ3v) is 6.51. The molecular formula is C24H32N6. The number of pyridine rings is 2. The maximum absolute atomic E-state index is 5.19. The number of imidazole rings is 1. The van der Waals surface area contributed by atoms with Gasteiger partial charge in [0.1, 0.15) is 11.5 Å². The Morgan fingerprint density at radius 2 is 1.93 bits per heavy atom. The topological polar surface area (TPSA) is 48.7 Å². The molecule has 0 aliphatic carbocycles.